The predicted molar refractivity (Wildman–Crippen MR) is 82.9 cm³/mol. The minimum Gasteiger partial charge on any atom is -0.0890 e. The minimum absolute atomic E-state index is 0.724. The van der Waals surface area contributed by atoms with Gasteiger partial charge in [0.25, 0.3) is 0 Å². The average molecular weight is 295 g/mol. The van der Waals surface area contributed by atoms with Crippen LogP contribution in [0.5, 0.6) is 0 Å². The first kappa shape index (κ1) is 13.5. The first-order chi connectivity index (χ1) is 8.65. The van der Waals surface area contributed by atoms with Gasteiger partial charge in [-0.1, -0.05) is 65.8 Å². The number of halogens is 2. The van der Waals surface area contributed by atoms with Crippen LogP contribution in [0.2, 0.25) is 10.0 Å². The molecule has 0 heterocycles. The Labute approximate surface area is 123 Å². The Hall–Kier alpha value is -0.890. The monoisotopic (exact) mass is 294 g/mol. The molecule has 0 aliphatic carbocycles. The lowest BCUT2D eigenvalue weighted by Crippen LogP contribution is -2.04. The van der Waals surface area contributed by atoms with Gasteiger partial charge in [0, 0.05) is 27.8 Å². The fraction of sp³-hybridized carbons (Fsp3) is 0.133. The third-order valence-electron chi connectivity index (χ3n) is 2.64. The molecule has 0 aliphatic rings. The van der Waals surface area contributed by atoms with E-state index in [1.807, 2.05) is 48.5 Å². The highest BCUT2D eigenvalue weighted by atomic mass is 35.5. The SMILES string of the molecule is S=C(Cc1cccc(Cl)c1)Cc1ccccc1Cl. The molecule has 0 aliphatic heterocycles. The molecule has 0 saturated carbocycles. The van der Waals surface area contributed by atoms with Gasteiger partial charge < -0.3 is 0 Å². The minimum atomic E-state index is 0.724. The summed E-state index contributed by atoms with van der Waals surface area (Å²) in [4.78, 5) is 0.963. The first-order valence-electron chi connectivity index (χ1n) is 5.65. The maximum atomic E-state index is 6.12. The van der Waals surface area contributed by atoms with Crippen LogP contribution in [0.4, 0.5) is 0 Å². The Morgan fingerprint density at radius 1 is 0.944 bits per heavy atom. The molecule has 2 aromatic carbocycles. The molecule has 0 unspecified atom stereocenters. The van der Waals surface area contributed by atoms with Crippen molar-refractivity contribution in [2.75, 3.05) is 0 Å². The zero-order chi connectivity index (χ0) is 13.0. The zero-order valence-corrected chi connectivity index (χ0v) is 12.0. The second kappa shape index (κ2) is 6.33. The lowest BCUT2D eigenvalue weighted by molar-refractivity contribution is 1.25. The van der Waals surface area contributed by atoms with Gasteiger partial charge in [-0.05, 0) is 29.3 Å². The van der Waals surface area contributed by atoms with Crippen LogP contribution in [0.25, 0.3) is 0 Å². The van der Waals surface area contributed by atoms with E-state index >= 15 is 0 Å². The molecule has 2 rings (SSSR count). The molecule has 2 aromatic rings. The molecule has 0 nitrogen and oxygen atoms in total. The molecule has 92 valence electrons. The van der Waals surface area contributed by atoms with Crippen molar-refractivity contribution in [3.05, 3.63) is 69.7 Å². The van der Waals surface area contributed by atoms with Crippen molar-refractivity contribution in [2.45, 2.75) is 12.8 Å². The van der Waals surface area contributed by atoms with Crippen molar-refractivity contribution in [3.8, 4) is 0 Å². The normalized spacial score (nSPS) is 10.3. The van der Waals surface area contributed by atoms with Gasteiger partial charge >= 0.3 is 0 Å². The van der Waals surface area contributed by atoms with E-state index < -0.39 is 0 Å². The molecule has 3 heteroatoms. The van der Waals surface area contributed by atoms with Crippen molar-refractivity contribution in [1.29, 1.82) is 0 Å². The van der Waals surface area contributed by atoms with Gasteiger partial charge in [-0.3, -0.25) is 0 Å². The molecule has 0 bridgehead atoms. The van der Waals surface area contributed by atoms with Crippen molar-refractivity contribution in [1.82, 2.24) is 0 Å². The Kier molecular flexibility index (Phi) is 4.76. The van der Waals surface area contributed by atoms with Crippen LogP contribution in [0.3, 0.4) is 0 Å². The summed E-state index contributed by atoms with van der Waals surface area (Å²) in [6.45, 7) is 0. The van der Waals surface area contributed by atoms with Crippen LogP contribution in [-0.4, -0.2) is 4.86 Å². The number of benzene rings is 2. The van der Waals surface area contributed by atoms with E-state index in [0.29, 0.717) is 0 Å². The highest BCUT2D eigenvalue weighted by Gasteiger charge is 2.05. The lowest BCUT2D eigenvalue weighted by atomic mass is 10.0. The molecule has 18 heavy (non-hydrogen) atoms. The summed E-state index contributed by atoms with van der Waals surface area (Å²) in [6.07, 6.45) is 1.47. The molecule has 0 fully saturated rings. The summed E-state index contributed by atoms with van der Waals surface area (Å²) in [5.74, 6) is 0. The molecule has 0 N–H and O–H groups in total. The van der Waals surface area contributed by atoms with E-state index in [-0.39, 0.29) is 0 Å². The lowest BCUT2D eigenvalue weighted by Gasteiger charge is -2.06. The second-order valence-corrected chi connectivity index (χ2v) is 5.53. The molecule has 0 aromatic heterocycles. The van der Waals surface area contributed by atoms with Crippen LogP contribution in [0.1, 0.15) is 11.1 Å². The Morgan fingerprint density at radius 3 is 2.44 bits per heavy atom. The van der Waals surface area contributed by atoms with Crippen molar-refractivity contribution in [3.63, 3.8) is 0 Å². The number of hydrogen-bond donors (Lipinski definition) is 0. The van der Waals surface area contributed by atoms with Gasteiger partial charge in [0.2, 0.25) is 0 Å². The Balaban J connectivity index is 2.03. The predicted octanol–water partition coefficient (Wildman–Crippen LogP) is 5.15. The summed E-state index contributed by atoms with van der Waals surface area (Å²) < 4.78 is 0. The summed E-state index contributed by atoms with van der Waals surface area (Å²) in [5.41, 5.74) is 2.21. The van der Waals surface area contributed by atoms with Crippen molar-refractivity contribution < 1.29 is 0 Å². The van der Waals surface area contributed by atoms with Crippen molar-refractivity contribution in [2.24, 2.45) is 0 Å². The molecular formula is C15H12Cl2S. The highest BCUT2D eigenvalue weighted by Crippen LogP contribution is 2.18. The Morgan fingerprint density at radius 2 is 1.72 bits per heavy atom. The maximum Gasteiger partial charge on any atom is 0.0441 e. The molecule has 0 amide bonds. The second-order valence-electron chi connectivity index (χ2n) is 4.11. The van der Waals surface area contributed by atoms with Crippen molar-refractivity contribution >= 4 is 40.3 Å². The standard InChI is InChI=1S/C15H12Cl2S/c16-13-6-3-4-11(8-13)9-14(18)10-12-5-1-2-7-15(12)17/h1-8H,9-10H2. The van der Waals surface area contributed by atoms with E-state index in [0.717, 1.165) is 38.9 Å². The van der Waals surface area contributed by atoms with Crippen LogP contribution in [-0.2, 0) is 12.8 Å². The summed E-state index contributed by atoms with van der Waals surface area (Å²) in [7, 11) is 0. The van der Waals surface area contributed by atoms with E-state index in [1.165, 1.54) is 0 Å². The van der Waals surface area contributed by atoms with E-state index in [1.54, 1.807) is 0 Å². The molecular weight excluding hydrogens is 283 g/mol. The third-order valence-corrected chi connectivity index (χ3v) is 3.53. The van der Waals surface area contributed by atoms with Gasteiger partial charge in [-0.25, -0.2) is 0 Å². The fourth-order valence-corrected chi connectivity index (χ4v) is 2.53. The van der Waals surface area contributed by atoms with Gasteiger partial charge in [0.1, 0.15) is 0 Å². The quantitative estimate of drug-likeness (QED) is 0.703. The van der Waals surface area contributed by atoms with Gasteiger partial charge in [0.15, 0.2) is 0 Å². The smallest absolute Gasteiger partial charge is 0.0441 e. The molecule has 0 atom stereocenters. The number of thiocarbonyl (C=S) groups is 1. The average Bonchev–Trinajstić information content (AvgIpc) is 2.32. The maximum absolute atomic E-state index is 6.12. The first-order valence-corrected chi connectivity index (χ1v) is 6.81. The molecule has 0 spiro atoms. The summed E-state index contributed by atoms with van der Waals surface area (Å²) >= 11 is 17.5. The van der Waals surface area contributed by atoms with Gasteiger partial charge in [0.05, 0.1) is 0 Å². The molecule has 0 saturated heterocycles. The van der Waals surface area contributed by atoms with E-state index in [9.17, 15) is 0 Å². The third kappa shape index (κ3) is 3.81. The number of rotatable bonds is 4. The highest BCUT2D eigenvalue weighted by molar-refractivity contribution is 7.80. The van der Waals surface area contributed by atoms with Crippen LogP contribution < -0.4 is 0 Å². The number of hydrogen-bond acceptors (Lipinski definition) is 1. The van der Waals surface area contributed by atoms with E-state index in [2.05, 4.69) is 0 Å². The van der Waals surface area contributed by atoms with Crippen LogP contribution >= 0.6 is 35.4 Å². The largest absolute Gasteiger partial charge is 0.0890 e. The summed E-state index contributed by atoms with van der Waals surface area (Å²) in [6, 6.07) is 15.6. The summed E-state index contributed by atoms with van der Waals surface area (Å²) in [5, 5.41) is 1.51. The fourth-order valence-electron chi connectivity index (χ4n) is 1.79. The topological polar surface area (TPSA) is 0 Å². The van der Waals surface area contributed by atoms with Crippen LogP contribution in [0, 0.1) is 0 Å². The van der Waals surface area contributed by atoms with Gasteiger partial charge in [-0.15, -0.1) is 0 Å². The molecule has 0 radical (unpaired) electrons. The Bertz CT molecular complexity index is 564. The van der Waals surface area contributed by atoms with Crippen LogP contribution in [0.15, 0.2) is 48.5 Å². The van der Waals surface area contributed by atoms with Gasteiger partial charge in [-0.2, -0.15) is 0 Å². The van der Waals surface area contributed by atoms with E-state index in [4.69, 9.17) is 35.4 Å². The zero-order valence-electron chi connectivity index (χ0n) is 9.70.